The Morgan fingerprint density at radius 3 is 2.42 bits per heavy atom. The van der Waals surface area contributed by atoms with Crippen molar-refractivity contribution in [3.05, 3.63) is 70.4 Å². The Labute approximate surface area is 187 Å². The molecule has 0 aliphatic carbocycles. The van der Waals surface area contributed by atoms with E-state index >= 15 is 0 Å². The topological polar surface area (TPSA) is 77.6 Å². The first-order valence-corrected chi connectivity index (χ1v) is 10.8. The Kier molecular flexibility index (Phi) is 6.34. The summed E-state index contributed by atoms with van der Waals surface area (Å²) in [5.74, 6) is -0.482. The van der Waals surface area contributed by atoms with Gasteiger partial charge in [0.2, 0.25) is 0 Å². The zero-order chi connectivity index (χ0) is 21.8. The van der Waals surface area contributed by atoms with E-state index in [4.69, 9.17) is 11.6 Å². The molecule has 0 unspecified atom stereocenters. The summed E-state index contributed by atoms with van der Waals surface area (Å²) in [7, 11) is 0. The van der Waals surface area contributed by atoms with Crippen molar-refractivity contribution in [3.8, 4) is 0 Å². The molecule has 0 atom stereocenters. The van der Waals surface area contributed by atoms with Crippen molar-refractivity contribution in [2.24, 2.45) is 0 Å². The van der Waals surface area contributed by atoms with E-state index in [2.05, 4.69) is 15.6 Å². The third-order valence-electron chi connectivity index (χ3n) is 4.81. The number of hydrogen-bond donors (Lipinski definition) is 2. The molecule has 1 aromatic heterocycles. The number of rotatable bonds is 4. The summed E-state index contributed by atoms with van der Waals surface area (Å²) < 4.78 is 14.0. The predicted octanol–water partition coefficient (Wildman–Crippen LogP) is 4.54. The minimum absolute atomic E-state index is 0.212. The van der Waals surface area contributed by atoms with Gasteiger partial charge in [0.15, 0.2) is 5.13 Å². The van der Waals surface area contributed by atoms with Gasteiger partial charge in [0.25, 0.3) is 5.91 Å². The van der Waals surface area contributed by atoms with Crippen LogP contribution in [0, 0.1) is 5.82 Å². The van der Waals surface area contributed by atoms with Gasteiger partial charge >= 0.3 is 6.03 Å². The van der Waals surface area contributed by atoms with Crippen LogP contribution in [-0.4, -0.2) is 48.0 Å². The molecule has 1 aliphatic rings. The lowest BCUT2D eigenvalue weighted by Gasteiger charge is -2.35. The lowest BCUT2D eigenvalue weighted by atomic mass is 10.2. The van der Waals surface area contributed by atoms with Crippen LogP contribution in [0.1, 0.15) is 10.5 Å². The summed E-state index contributed by atoms with van der Waals surface area (Å²) in [6.45, 7) is 1.99. The second kappa shape index (κ2) is 9.32. The molecule has 2 N–H and O–H groups in total. The summed E-state index contributed by atoms with van der Waals surface area (Å²) in [6.07, 6.45) is 0. The quantitative estimate of drug-likeness (QED) is 0.600. The molecule has 0 bridgehead atoms. The highest BCUT2D eigenvalue weighted by molar-refractivity contribution is 7.14. The monoisotopic (exact) mass is 459 g/mol. The zero-order valence-corrected chi connectivity index (χ0v) is 17.9. The SMILES string of the molecule is O=C(Nc1ccc(Cl)cc1)Nc1nc(C(=O)N2CCN(c3ccccc3F)CC2)cs1. The van der Waals surface area contributed by atoms with Gasteiger partial charge in [-0.2, -0.15) is 0 Å². The highest BCUT2D eigenvalue weighted by atomic mass is 35.5. The van der Waals surface area contributed by atoms with Crippen molar-refractivity contribution in [3.63, 3.8) is 0 Å². The number of carbonyl (C=O) groups is 2. The van der Waals surface area contributed by atoms with Crippen LogP contribution in [-0.2, 0) is 0 Å². The first-order valence-electron chi connectivity index (χ1n) is 9.57. The Morgan fingerprint density at radius 2 is 1.71 bits per heavy atom. The van der Waals surface area contributed by atoms with Crippen LogP contribution in [0.2, 0.25) is 5.02 Å². The Morgan fingerprint density at radius 1 is 1.00 bits per heavy atom. The minimum Gasteiger partial charge on any atom is -0.366 e. The fraction of sp³-hybridized carbons (Fsp3) is 0.190. The number of hydrogen-bond acceptors (Lipinski definition) is 5. The maximum atomic E-state index is 14.0. The molecule has 7 nitrogen and oxygen atoms in total. The van der Waals surface area contributed by atoms with Gasteiger partial charge in [-0.1, -0.05) is 23.7 Å². The average molecular weight is 460 g/mol. The standard InChI is InChI=1S/C21H19ClFN5O2S/c22-14-5-7-15(8-6-14)24-20(30)26-21-25-17(13-31-21)19(29)28-11-9-27(10-12-28)18-4-2-1-3-16(18)23/h1-8,13H,9-12H2,(H2,24,25,26,30). The molecule has 1 aliphatic heterocycles. The maximum Gasteiger partial charge on any atom is 0.325 e. The first-order chi connectivity index (χ1) is 15.0. The Balaban J connectivity index is 1.31. The lowest BCUT2D eigenvalue weighted by molar-refractivity contribution is 0.0741. The molecule has 2 heterocycles. The number of para-hydroxylation sites is 1. The molecule has 31 heavy (non-hydrogen) atoms. The van der Waals surface area contributed by atoms with Crippen molar-refractivity contribution in [1.82, 2.24) is 9.88 Å². The fourth-order valence-electron chi connectivity index (χ4n) is 3.24. The number of amides is 3. The maximum absolute atomic E-state index is 14.0. The molecule has 1 fully saturated rings. The zero-order valence-electron chi connectivity index (χ0n) is 16.3. The second-order valence-electron chi connectivity index (χ2n) is 6.85. The van der Waals surface area contributed by atoms with Crippen LogP contribution in [0.15, 0.2) is 53.9 Å². The number of nitrogens with one attached hydrogen (secondary N) is 2. The number of halogens is 2. The number of thiazole rings is 1. The van der Waals surface area contributed by atoms with Crippen molar-refractivity contribution in [2.75, 3.05) is 41.7 Å². The van der Waals surface area contributed by atoms with E-state index in [0.29, 0.717) is 47.7 Å². The molecule has 3 aromatic rings. The van der Waals surface area contributed by atoms with Crippen molar-refractivity contribution >= 4 is 51.4 Å². The molecule has 3 amide bonds. The number of carbonyl (C=O) groups excluding carboxylic acids is 2. The largest absolute Gasteiger partial charge is 0.366 e. The van der Waals surface area contributed by atoms with E-state index in [9.17, 15) is 14.0 Å². The summed E-state index contributed by atoms with van der Waals surface area (Å²) in [5.41, 5.74) is 1.40. The van der Waals surface area contributed by atoms with Gasteiger partial charge in [-0.3, -0.25) is 10.1 Å². The highest BCUT2D eigenvalue weighted by Gasteiger charge is 2.25. The minimum atomic E-state index is -0.464. The van der Waals surface area contributed by atoms with E-state index in [1.165, 1.54) is 17.4 Å². The van der Waals surface area contributed by atoms with Gasteiger partial charge in [-0.25, -0.2) is 14.2 Å². The number of nitrogens with zero attached hydrogens (tertiary/aromatic N) is 3. The number of benzene rings is 2. The summed E-state index contributed by atoms with van der Waals surface area (Å²) >= 11 is 7.00. The predicted molar refractivity (Wildman–Crippen MR) is 121 cm³/mol. The number of anilines is 3. The van der Waals surface area contributed by atoms with Gasteiger partial charge in [-0.15, -0.1) is 11.3 Å². The summed E-state index contributed by atoms with van der Waals surface area (Å²) in [5, 5.41) is 7.80. The van der Waals surface area contributed by atoms with Gasteiger partial charge in [0.05, 0.1) is 5.69 Å². The molecule has 10 heteroatoms. The highest BCUT2D eigenvalue weighted by Crippen LogP contribution is 2.22. The Hall–Kier alpha value is -3.17. The molecule has 2 aromatic carbocycles. The van der Waals surface area contributed by atoms with Crippen molar-refractivity contribution < 1.29 is 14.0 Å². The van der Waals surface area contributed by atoms with E-state index in [1.54, 1.807) is 52.7 Å². The molecule has 1 saturated heterocycles. The lowest BCUT2D eigenvalue weighted by Crippen LogP contribution is -2.49. The van der Waals surface area contributed by atoms with Crippen LogP contribution in [0.4, 0.5) is 25.7 Å². The van der Waals surface area contributed by atoms with Crippen LogP contribution < -0.4 is 15.5 Å². The van der Waals surface area contributed by atoms with Crippen LogP contribution in [0.5, 0.6) is 0 Å². The van der Waals surface area contributed by atoms with E-state index in [-0.39, 0.29) is 17.4 Å². The normalized spacial score (nSPS) is 13.7. The Bertz CT molecular complexity index is 1080. The average Bonchev–Trinajstić information content (AvgIpc) is 3.23. The molecule has 160 valence electrons. The summed E-state index contributed by atoms with van der Waals surface area (Å²) in [4.78, 5) is 32.7. The molecule has 4 rings (SSSR count). The van der Waals surface area contributed by atoms with Gasteiger partial charge in [0.1, 0.15) is 11.5 Å². The number of urea groups is 1. The second-order valence-corrected chi connectivity index (χ2v) is 8.15. The molecule has 0 saturated carbocycles. The molecule has 0 radical (unpaired) electrons. The molecular weight excluding hydrogens is 441 g/mol. The number of aromatic nitrogens is 1. The van der Waals surface area contributed by atoms with Crippen LogP contribution in [0.3, 0.4) is 0 Å². The van der Waals surface area contributed by atoms with Gasteiger partial charge in [-0.05, 0) is 36.4 Å². The third-order valence-corrected chi connectivity index (χ3v) is 5.82. The van der Waals surface area contributed by atoms with Crippen LogP contribution in [0.25, 0.3) is 0 Å². The van der Waals surface area contributed by atoms with Crippen molar-refractivity contribution in [2.45, 2.75) is 0 Å². The van der Waals surface area contributed by atoms with E-state index in [0.717, 1.165) is 0 Å². The molecular formula is C21H19ClFN5O2S. The van der Waals surface area contributed by atoms with Gasteiger partial charge in [0, 0.05) is 42.3 Å². The van der Waals surface area contributed by atoms with Gasteiger partial charge < -0.3 is 15.1 Å². The van der Waals surface area contributed by atoms with E-state index in [1.807, 2.05) is 4.90 Å². The van der Waals surface area contributed by atoms with Crippen molar-refractivity contribution in [1.29, 1.82) is 0 Å². The fourth-order valence-corrected chi connectivity index (χ4v) is 4.05. The summed E-state index contributed by atoms with van der Waals surface area (Å²) in [6, 6.07) is 12.9. The first kappa shape index (κ1) is 21.1. The molecule has 0 spiro atoms. The van der Waals surface area contributed by atoms with E-state index < -0.39 is 6.03 Å². The smallest absolute Gasteiger partial charge is 0.325 e. The third kappa shape index (κ3) is 5.12. The number of piperazine rings is 1. The van der Waals surface area contributed by atoms with Crippen LogP contribution >= 0.6 is 22.9 Å².